The Morgan fingerprint density at radius 1 is 1.21 bits per heavy atom. The Morgan fingerprint density at radius 2 is 1.96 bits per heavy atom. The SMILES string of the molecule is COc1c(CNCc2ccccc2N2CCOCC2)c(C)nn1C. The van der Waals surface area contributed by atoms with E-state index in [1.165, 1.54) is 11.3 Å². The zero-order valence-corrected chi connectivity index (χ0v) is 14.7. The van der Waals surface area contributed by atoms with Gasteiger partial charge in [0, 0.05) is 38.9 Å². The van der Waals surface area contributed by atoms with Crippen LogP contribution in [-0.2, 0) is 24.9 Å². The number of aromatic nitrogens is 2. The molecule has 1 saturated heterocycles. The number of benzene rings is 1. The summed E-state index contributed by atoms with van der Waals surface area (Å²) in [7, 11) is 3.59. The van der Waals surface area contributed by atoms with Gasteiger partial charge >= 0.3 is 0 Å². The van der Waals surface area contributed by atoms with E-state index in [2.05, 4.69) is 39.6 Å². The first-order valence-electron chi connectivity index (χ1n) is 8.38. The van der Waals surface area contributed by atoms with Gasteiger partial charge in [-0.2, -0.15) is 5.10 Å². The summed E-state index contributed by atoms with van der Waals surface area (Å²) in [6.07, 6.45) is 0. The zero-order chi connectivity index (χ0) is 16.9. The van der Waals surface area contributed by atoms with Crippen LogP contribution in [0.1, 0.15) is 16.8 Å². The first kappa shape index (κ1) is 16.8. The molecule has 0 atom stereocenters. The summed E-state index contributed by atoms with van der Waals surface area (Å²) in [6, 6.07) is 8.57. The number of hydrogen-bond donors (Lipinski definition) is 1. The van der Waals surface area contributed by atoms with E-state index in [-0.39, 0.29) is 0 Å². The molecule has 6 nitrogen and oxygen atoms in total. The summed E-state index contributed by atoms with van der Waals surface area (Å²) in [5, 5.41) is 7.96. The lowest BCUT2D eigenvalue weighted by Crippen LogP contribution is -2.37. The van der Waals surface area contributed by atoms with Gasteiger partial charge in [-0.1, -0.05) is 18.2 Å². The predicted octanol–water partition coefficient (Wildman–Crippen LogP) is 1.86. The quantitative estimate of drug-likeness (QED) is 0.876. The van der Waals surface area contributed by atoms with Crippen molar-refractivity contribution in [1.29, 1.82) is 0 Å². The molecular weight excluding hydrogens is 304 g/mol. The molecule has 1 aliphatic rings. The van der Waals surface area contributed by atoms with Gasteiger partial charge in [-0.15, -0.1) is 0 Å². The van der Waals surface area contributed by atoms with Crippen molar-refractivity contribution >= 4 is 5.69 Å². The van der Waals surface area contributed by atoms with Crippen molar-refractivity contribution in [2.45, 2.75) is 20.0 Å². The molecule has 130 valence electrons. The van der Waals surface area contributed by atoms with Crippen LogP contribution in [0.5, 0.6) is 5.88 Å². The molecule has 0 amide bonds. The average molecular weight is 330 g/mol. The monoisotopic (exact) mass is 330 g/mol. The molecule has 0 bridgehead atoms. The molecule has 0 spiro atoms. The highest BCUT2D eigenvalue weighted by Gasteiger charge is 2.16. The first-order valence-corrected chi connectivity index (χ1v) is 8.38. The maximum Gasteiger partial charge on any atom is 0.216 e. The molecule has 1 aliphatic heterocycles. The third-order valence-corrected chi connectivity index (χ3v) is 4.44. The van der Waals surface area contributed by atoms with Crippen LogP contribution in [0, 0.1) is 6.92 Å². The fourth-order valence-corrected chi connectivity index (χ4v) is 3.23. The minimum Gasteiger partial charge on any atom is -0.481 e. The molecule has 0 radical (unpaired) electrons. The maximum atomic E-state index is 5.46. The van der Waals surface area contributed by atoms with Gasteiger partial charge in [-0.05, 0) is 18.6 Å². The highest BCUT2D eigenvalue weighted by molar-refractivity contribution is 5.54. The van der Waals surface area contributed by atoms with Gasteiger partial charge in [-0.25, -0.2) is 4.68 Å². The van der Waals surface area contributed by atoms with E-state index in [9.17, 15) is 0 Å². The van der Waals surface area contributed by atoms with E-state index in [1.807, 2.05) is 14.0 Å². The summed E-state index contributed by atoms with van der Waals surface area (Å²) < 4.78 is 12.7. The number of para-hydroxylation sites is 1. The smallest absolute Gasteiger partial charge is 0.216 e. The van der Waals surface area contributed by atoms with E-state index in [0.29, 0.717) is 0 Å². The second-order valence-corrected chi connectivity index (χ2v) is 6.03. The molecule has 6 heteroatoms. The van der Waals surface area contributed by atoms with Crippen LogP contribution in [0.25, 0.3) is 0 Å². The molecule has 2 aromatic rings. The lowest BCUT2D eigenvalue weighted by molar-refractivity contribution is 0.122. The fraction of sp³-hybridized carbons (Fsp3) is 0.500. The highest BCUT2D eigenvalue weighted by atomic mass is 16.5. The van der Waals surface area contributed by atoms with Crippen LogP contribution in [0.4, 0.5) is 5.69 Å². The predicted molar refractivity (Wildman–Crippen MR) is 94.5 cm³/mol. The summed E-state index contributed by atoms with van der Waals surface area (Å²) in [5.74, 6) is 0.821. The Morgan fingerprint density at radius 3 is 2.71 bits per heavy atom. The number of nitrogens with one attached hydrogen (secondary N) is 1. The van der Waals surface area contributed by atoms with Crippen molar-refractivity contribution in [3.05, 3.63) is 41.1 Å². The zero-order valence-electron chi connectivity index (χ0n) is 14.7. The largest absolute Gasteiger partial charge is 0.481 e. The van der Waals surface area contributed by atoms with Crippen LogP contribution in [-0.4, -0.2) is 43.2 Å². The van der Waals surface area contributed by atoms with Gasteiger partial charge in [0.2, 0.25) is 5.88 Å². The molecule has 0 aliphatic carbocycles. The van der Waals surface area contributed by atoms with Crippen LogP contribution >= 0.6 is 0 Å². The van der Waals surface area contributed by atoms with Gasteiger partial charge in [-0.3, -0.25) is 0 Å². The molecule has 1 aromatic heterocycles. The average Bonchev–Trinajstić information content (AvgIpc) is 2.89. The molecule has 2 heterocycles. The van der Waals surface area contributed by atoms with E-state index in [1.54, 1.807) is 11.8 Å². The number of methoxy groups -OCH3 is 1. The van der Waals surface area contributed by atoms with E-state index in [4.69, 9.17) is 9.47 Å². The highest BCUT2D eigenvalue weighted by Crippen LogP contribution is 2.23. The Labute approximate surface area is 143 Å². The van der Waals surface area contributed by atoms with Crippen LogP contribution in [0.2, 0.25) is 0 Å². The van der Waals surface area contributed by atoms with Crippen molar-refractivity contribution in [3.63, 3.8) is 0 Å². The second-order valence-electron chi connectivity index (χ2n) is 6.03. The van der Waals surface area contributed by atoms with Crippen molar-refractivity contribution in [3.8, 4) is 5.88 Å². The lowest BCUT2D eigenvalue weighted by Gasteiger charge is -2.30. The van der Waals surface area contributed by atoms with Gasteiger partial charge in [0.25, 0.3) is 0 Å². The van der Waals surface area contributed by atoms with E-state index >= 15 is 0 Å². The minimum absolute atomic E-state index is 0.736. The number of ether oxygens (including phenoxy) is 2. The Balaban J connectivity index is 1.67. The number of hydrogen-bond acceptors (Lipinski definition) is 5. The van der Waals surface area contributed by atoms with Crippen LogP contribution in [0.3, 0.4) is 0 Å². The number of nitrogens with zero attached hydrogens (tertiary/aromatic N) is 3. The summed E-state index contributed by atoms with van der Waals surface area (Å²) in [4.78, 5) is 2.40. The molecule has 0 saturated carbocycles. The molecule has 24 heavy (non-hydrogen) atoms. The topological polar surface area (TPSA) is 51.6 Å². The van der Waals surface area contributed by atoms with Gasteiger partial charge < -0.3 is 19.7 Å². The number of rotatable bonds is 6. The standard InChI is InChI=1S/C18H26N4O2/c1-14-16(18(23-3)21(2)20-14)13-19-12-15-6-4-5-7-17(15)22-8-10-24-11-9-22/h4-7,19H,8-13H2,1-3H3. The normalized spacial score (nSPS) is 14.9. The summed E-state index contributed by atoms with van der Waals surface area (Å²) in [6.45, 7) is 7.06. The molecule has 1 N–H and O–H groups in total. The Kier molecular flexibility index (Phi) is 5.37. The molecule has 0 unspecified atom stereocenters. The minimum atomic E-state index is 0.736. The number of morpholine rings is 1. The fourth-order valence-electron chi connectivity index (χ4n) is 3.23. The second kappa shape index (κ2) is 7.68. The van der Waals surface area contributed by atoms with Crippen molar-refractivity contribution < 1.29 is 9.47 Å². The number of aryl methyl sites for hydroxylation is 2. The first-order chi connectivity index (χ1) is 11.7. The Hall–Kier alpha value is -2.05. The molecule has 3 rings (SSSR count). The number of anilines is 1. The van der Waals surface area contributed by atoms with E-state index < -0.39 is 0 Å². The van der Waals surface area contributed by atoms with Crippen molar-refractivity contribution in [1.82, 2.24) is 15.1 Å². The van der Waals surface area contributed by atoms with Gasteiger partial charge in [0.1, 0.15) is 0 Å². The Bertz CT molecular complexity index is 678. The lowest BCUT2D eigenvalue weighted by atomic mass is 10.1. The summed E-state index contributed by atoms with van der Waals surface area (Å²) in [5.41, 5.74) is 4.72. The van der Waals surface area contributed by atoms with E-state index in [0.717, 1.165) is 56.5 Å². The molecular formula is C18H26N4O2. The molecule has 1 fully saturated rings. The van der Waals surface area contributed by atoms with Gasteiger partial charge in [0.05, 0.1) is 31.6 Å². The van der Waals surface area contributed by atoms with Crippen LogP contribution < -0.4 is 15.0 Å². The summed E-state index contributed by atoms with van der Waals surface area (Å²) >= 11 is 0. The third kappa shape index (κ3) is 3.55. The van der Waals surface area contributed by atoms with Crippen molar-refractivity contribution in [2.75, 3.05) is 38.3 Å². The third-order valence-electron chi connectivity index (χ3n) is 4.44. The maximum absolute atomic E-state index is 5.46. The van der Waals surface area contributed by atoms with Gasteiger partial charge in [0.15, 0.2) is 0 Å². The van der Waals surface area contributed by atoms with Crippen molar-refractivity contribution in [2.24, 2.45) is 7.05 Å². The molecule has 1 aromatic carbocycles. The van der Waals surface area contributed by atoms with Crippen LogP contribution in [0.15, 0.2) is 24.3 Å².